The number of nitrogens with zero attached hydrogens (tertiary/aromatic N) is 1. The fourth-order valence-corrected chi connectivity index (χ4v) is 3.47. The Balaban J connectivity index is 2.20. The van der Waals surface area contributed by atoms with Gasteiger partial charge in [0, 0.05) is 16.3 Å². The second kappa shape index (κ2) is 5.51. The van der Waals surface area contributed by atoms with Gasteiger partial charge in [-0.15, -0.1) is 0 Å². The molecule has 0 aliphatic carbocycles. The van der Waals surface area contributed by atoms with Gasteiger partial charge in [0.15, 0.2) is 0 Å². The van der Waals surface area contributed by atoms with Crippen LogP contribution in [0.3, 0.4) is 0 Å². The van der Waals surface area contributed by atoms with E-state index in [1.54, 1.807) is 0 Å². The highest BCUT2D eigenvalue weighted by Gasteiger charge is 2.13. The number of pyridine rings is 1. The van der Waals surface area contributed by atoms with Gasteiger partial charge in [0.05, 0.1) is 11.0 Å². The molecule has 0 unspecified atom stereocenters. The first-order valence-corrected chi connectivity index (χ1v) is 8.16. The van der Waals surface area contributed by atoms with Gasteiger partial charge in [-0.3, -0.25) is 0 Å². The van der Waals surface area contributed by atoms with Crippen LogP contribution in [0.25, 0.3) is 32.9 Å². The number of para-hydroxylation sites is 2. The highest BCUT2D eigenvalue weighted by molar-refractivity contribution is 6.09. The van der Waals surface area contributed by atoms with Crippen LogP contribution in [-0.4, -0.2) is 4.98 Å². The zero-order valence-electron chi connectivity index (χ0n) is 13.5. The molecule has 0 fully saturated rings. The first kappa shape index (κ1) is 14.0. The molecule has 23 heavy (non-hydrogen) atoms. The summed E-state index contributed by atoms with van der Waals surface area (Å²) in [6.07, 6.45) is 1.06. The fraction of sp³-hybridized carbons (Fsp3) is 0.136. The maximum atomic E-state index is 4.84. The topological polar surface area (TPSA) is 12.9 Å². The first-order chi connectivity index (χ1) is 11.3. The van der Waals surface area contributed by atoms with Gasteiger partial charge >= 0.3 is 0 Å². The second-order valence-corrected chi connectivity index (χ2v) is 5.96. The smallest absolute Gasteiger partial charge is 0.0715 e. The Bertz CT molecular complexity index is 961. The van der Waals surface area contributed by atoms with Crippen LogP contribution in [-0.2, 0) is 6.42 Å². The van der Waals surface area contributed by atoms with E-state index < -0.39 is 0 Å². The summed E-state index contributed by atoms with van der Waals surface area (Å²) in [6.45, 7) is 4.45. The summed E-state index contributed by atoms with van der Waals surface area (Å²) in [6, 6.07) is 23.5. The van der Waals surface area contributed by atoms with Gasteiger partial charge in [-0.2, -0.15) is 0 Å². The molecule has 0 bridgehead atoms. The molecule has 0 atom stereocenters. The van der Waals surface area contributed by atoms with E-state index in [0.717, 1.165) is 17.5 Å². The Morgan fingerprint density at radius 1 is 0.739 bits per heavy atom. The lowest BCUT2D eigenvalue weighted by molar-refractivity contribution is 1.11. The Hall–Kier alpha value is -2.67. The van der Waals surface area contributed by atoms with Gasteiger partial charge in [-0.05, 0) is 42.2 Å². The SMILES string of the molecule is CCc1cccc(-c2c3ccccc3nc3ccccc23)c1C. The molecule has 1 aromatic heterocycles. The molecule has 4 rings (SSSR count). The van der Waals surface area contributed by atoms with Crippen molar-refractivity contribution in [1.29, 1.82) is 0 Å². The Kier molecular flexibility index (Phi) is 3.34. The number of aryl methyl sites for hydroxylation is 1. The van der Waals surface area contributed by atoms with Crippen LogP contribution < -0.4 is 0 Å². The van der Waals surface area contributed by atoms with E-state index in [-0.39, 0.29) is 0 Å². The molecule has 4 aromatic rings. The largest absolute Gasteiger partial charge is 0.248 e. The van der Waals surface area contributed by atoms with Crippen LogP contribution in [0.2, 0.25) is 0 Å². The number of benzene rings is 3. The van der Waals surface area contributed by atoms with Crippen molar-refractivity contribution in [1.82, 2.24) is 4.98 Å². The Morgan fingerprint density at radius 2 is 1.35 bits per heavy atom. The van der Waals surface area contributed by atoms with Crippen LogP contribution in [0.1, 0.15) is 18.1 Å². The van der Waals surface area contributed by atoms with Gasteiger partial charge in [0.1, 0.15) is 0 Å². The second-order valence-electron chi connectivity index (χ2n) is 5.96. The Labute approximate surface area is 136 Å². The number of hydrogen-bond donors (Lipinski definition) is 0. The van der Waals surface area contributed by atoms with Gasteiger partial charge in [-0.25, -0.2) is 4.98 Å². The van der Waals surface area contributed by atoms with E-state index in [1.165, 1.54) is 33.0 Å². The monoisotopic (exact) mass is 297 g/mol. The maximum absolute atomic E-state index is 4.84. The average Bonchev–Trinajstić information content (AvgIpc) is 2.60. The normalized spacial score (nSPS) is 11.2. The summed E-state index contributed by atoms with van der Waals surface area (Å²) in [4.78, 5) is 4.84. The number of hydrogen-bond acceptors (Lipinski definition) is 1. The van der Waals surface area contributed by atoms with Crippen LogP contribution in [0.4, 0.5) is 0 Å². The minimum atomic E-state index is 1.06. The number of fused-ring (bicyclic) bond motifs is 2. The van der Waals surface area contributed by atoms with Gasteiger partial charge in [-0.1, -0.05) is 61.5 Å². The predicted molar refractivity (Wildman–Crippen MR) is 98.8 cm³/mol. The number of rotatable bonds is 2. The standard InChI is InChI=1S/C22H19N/c1-3-16-9-8-12-17(15(16)2)22-18-10-4-6-13-20(18)23-21-14-7-5-11-19(21)22/h4-14H,3H2,1-2H3. The lowest BCUT2D eigenvalue weighted by Gasteiger charge is -2.15. The van der Waals surface area contributed by atoms with Crippen LogP contribution in [0.5, 0.6) is 0 Å². The minimum Gasteiger partial charge on any atom is -0.248 e. The van der Waals surface area contributed by atoms with Crippen molar-refractivity contribution in [2.24, 2.45) is 0 Å². The fourth-order valence-electron chi connectivity index (χ4n) is 3.47. The molecule has 0 aliphatic heterocycles. The molecule has 0 spiro atoms. The molecule has 0 amide bonds. The van der Waals surface area contributed by atoms with E-state index in [1.807, 2.05) is 0 Å². The third-order valence-electron chi connectivity index (χ3n) is 4.68. The zero-order chi connectivity index (χ0) is 15.8. The third kappa shape index (κ3) is 2.20. The molecule has 0 radical (unpaired) electrons. The highest BCUT2D eigenvalue weighted by Crippen LogP contribution is 2.37. The molecule has 1 nitrogen and oxygen atoms in total. The van der Waals surface area contributed by atoms with E-state index in [0.29, 0.717) is 0 Å². The van der Waals surface area contributed by atoms with Crippen LogP contribution in [0, 0.1) is 6.92 Å². The number of aromatic nitrogens is 1. The molecule has 0 saturated carbocycles. The molecule has 0 N–H and O–H groups in total. The van der Waals surface area contributed by atoms with Crippen molar-refractivity contribution >= 4 is 21.8 Å². The van der Waals surface area contributed by atoms with Crippen LogP contribution >= 0.6 is 0 Å². The van der Waals surface area contributed by atoms with Crippen LogP contribution in [0.15, 0.2) is 66.7 Å². The van der Waals surface area contributed by atoms with Crippen molar-refractivity contribution in [3.63, 3.8) is 0 Å². The lowest BCUT2D eigenvalue weighted by Crippen LogP contribution is -1.94. The summed E-state index contributed by atoms with van der Waals surface area (Å²) < 4.78 is 0. The van der Waals surface area contributed by atoms with E-state index in [9.17, 15) is 0 Å². The molecule has 0 aliphatic rings. The molecule has 0 saturated heterocycles. The van der Waals surface area contributed by atoms with Crippen molar-refractivity contribution in [2.75, 3.05) is 0 Å². The highest BCUT2D eigenvalue weighted by atomic mass is 14.7. The average molecular weight is 297 g/mol. The van der Waals surface area contributed by atoms with Crippen molar-refractivity contribution < 1.29 is 0 Å². The third-order valence-corrected chi connectivity index (χ3v) is 4.68. The van der Waals surface area contributed by atoms with Gasteiger partial charge < -0.3 is 0 Å². The Morgan fingerprint density at radius 3 is 1.96 bits per heavy atom. The summed E-state index contributed by atoms with van der Waals surface area (Å²) in [5.74, 6) is 0. The van der Waals surface area contributed by atoms with Crippen molar-refractivity contribution in [3.05, 3.63) is 77.9 Å². The summed E-state index contributed by atoms with van der Waals surface area (Å²) in [5, 5.41) is 2.45. The molecule has 3 aromatic carbocycles. The summed E-state index contributed by atoms with van der Waals surface area (Å²) in [7, 11) is 0. The van der Waals surface area contributed by atoms with Gasteiger partial charge in [0.2, 0.25) is 0 Å². The van der Waals surface area contributed by atoms with E-state index in [4.69, 9.17) is 4.98 Å². The quantitative estimate of drug-likeness (QED) is 0.418. The maximum Gasteiger partial charge on any atom is 0.0715 e. The molecule has 1 heteroatoms. The van der Waals surface area contributed by atoms with E-state index in [2.05, 4.69) is 80.6 Å². The first-order valence-electron chi connectivity index (χ1n) is 8.16. The minimum absolute atomic E-state index is 1.06. The lowest BCUT2D eigenvalue weighted by atomic mass is 9.90. The molecule has 112 valence electrons. The van der Waals surface area contributed by atoms with Crippen molar-refractivity contribution in [2.45, 2.75) is 20.3 Å². The van der Waals surface area contributed by atoms with Crippen molar-refractivity contribution in [3.8, 4) is 11.1 Å². The summed E-state index contributed by atoms with van der Waals surface area (Å²) >= 11 is 0. The van der Waals surface area contributed by atoms with E-state index >= 15 is 0 Å². The zero-order valence-corrected chi connectivity index (χ0v) is 13.5. The molecular weight excluding hydrogens is 278 g/mol. The molecule has 1 heterocycles. The predicted octanol–water partition coefficient (Wildman–Crippen LogP) is 5.93. The molecular formula is C22H19N. The summed E-state index contributed by atoms with van der Waals surface area (Å²) in [5.41, 5.74) is 7.52. The van der Waals surface area contributed by atoms with Gasteiger partial charge in [0.25, 0.3) is 0 Å².